The van der Waals surface area contributed by atoms with E-state index < -0.39 is 0 Å². The maximum atomic E-state index is 5.80. The molecule has 0 aliphatic carbocycles. The number of hydrazine groups is 1. The van der Waals surface area contributed by atoms with Crippen molar-refractivity contribution < 1.29 is 0 Å². The van der Waals surface area contributed by atoms with Gasteiger partial charge in [-0.3, -0.25) is 0 Å². The maximum Gasteiger partial charge on any atom is 0.151 e. The fourth-order valence-corrected chi connectivity index (χ4v) is 2.64. The highest BCUT2D eigenvalue weighted by molar-refractivity contribution is 7.80. The Morgan fingerprint density at radius 1 is 1.33 bits per heavy atom. The minimum Gasteiger partial charge on any atom is -0.389 e. The van der Waals surface area contributed by atoms with Gasteiger partial charge in [-0.15, -0.1) is 0 Å². The molecule has 1 saturated heterocycles. The Bertz CT molecular complexity index is 453. The molecule has 2 rings (SSSR count). The molecule has 1 aliphatic rings. The average molecular weight is 264 g/mol. The number of rotatable bonds is 3. The molecule has 0 atom stereocenters. The molecule has 5 heteroatoms. The first-order chi connectivity index (χ1) is 8.58. The van der Waals surface area contributed by atoms with Crippen LogP contribution in [-0.2, 0) is 0 Å². The van der Waals surface area contributed by atoms with E-state index in [1.807, 2.05) is 19.9 Å². The van der Waals surface area contributed by atoms with Gasteiger partial charge in [0.05, 0.1) is 5.56 Å². The zero-order chi connectivity index (χ0) is 13.1. The maximum absolute atomic E-state index is 5.80. The molecule has 0 unspecified atom stereocenters. The molecule has 2 heterocycles. The van der Waals surface area contributed by atoms with Crippen LogP contribution in [0.15, 0.2) is 6.07 Å². The lowest BCUT2D eigenvalue weighted by molar-refractivity contribution is 0.272. The molecule has 1 aromatic heterocycles. The van der Waals surface area contributed by atoms with Gasteiger partial charge in [0.2, 0.25) is 0 Å². The highest BCUT2D eigenvalue weighted by Crippen LogP contribution is 2.20. The monoisotopic (exact) mass is 264 g/mol. The zero-order valence-corrected chi connectivity index (χ0v) is 11.8. The third-order valence-electron chi connectivity index (χ3n) is 3.21. The van der Waals surface area contributed by atoms with E-state index in [4.69, 9.17) is 18.0 Å². The van der Waals surface area contributed by atoms with Gasteiger partial charge in [0.25, 0.3) is 0 Å². The third-order valence-corrected chi connectivity index (χ3v) is 3.42. The molecule has 1 aromatic rings. The van der Waals surface area contributed by atoms with E-state index in [1.165, 1.54) is 19.3 Å². The summed E-state index contributed by atoms with van der Waals surface area (Å²) in [6.07, 6.45) is 3.75. The lowest BCUT2D eigenvalue weighted by Gasteiger charge is -2.28. The highest BCUT2D eigenvalue weighted by Gasteiger charge is 2.15. The smallest absolute Gasteiger partial charge is 0.151 e. The molecule has 98 valence electrons. The number of nitrogens with two attached hydrogens (primary N) is 1. The Balaban J connectivity index is 2.27. The number of hydrogen-bond donors (Lipinski definition) is 2. The van der Waals surface area contributed by atoms with Crippen LogP contribution in [0.25, 0.3) is 0 Å². The van der Waals surface area contributed by atoms with Gasteiger partial charge in [-0.2, -0.15) is 0 Å². The van der Waals surface area contributed by atoms with Gasteiger partial charge in [-0.05, 0) is 38.3 Å². The molecule has 0 saturated carbocycles. The van der Waals surface area contributed by atoms with Crippen LogP contribution in [-0.4, -0.2) is 28.1 Å². The van der Waals surface area contributed by atoms with Gasteiger partial charge >= 0.3 is 0 Å². The molecule has 0 spiro atoms. The van der Waals surface area contributed by atoms with E-state index in [-0.39, 0.29) is 0 Å². The normalized spacial score (nSPS) is 16.6. The number of anilines is 1. The number of aryl methyl sites for hydroxylation is 2. The van der Waals surface area contributed by atoms with Gasteiger partial charge in [-0.1, -0.05) is 18.6 Å². The van der Waals surface area contributed by atoms with Crippen LogP contribution in [0.3, 0.4) is 0 Å². The number of nitrogens with one attached hydrogen (secondary N) is 1. The van der Waals surface area contributed by atoms with Gasteiger partial charge in [0, 0.05) is 18.8 Å². The fourth-order valence-electron chi connectivity index (χ4n) is 2.38. The first-order valence-electron chi connectivity index (χ1n) is 6.37. The van der Waals surface area contributed by atoms with Crippen molar-refractivity contribution in [2.45, 2.75) is 33.1 Å². The second-order valence-electron chi connectivity index (χ2n) is 4.83. The van der Waals surface area contributed by atoms with Crippen molar-refractivity contribution in [2.24, 2.45) is 5.73 Å². The van der Waals surface area contributed by atoms with Gasteiger partial charge in [0.1, 0.15) is 4.99 Å². The molecule has 0 amide bonds. The second kappa shape index (κ2) is 5.63. The molecule has 1 aliphatic heterocycles. The summed E-state index contributed by atoms with van der Waals surface area (Å²) in [6.45, 7) is 6.10. The van der Waals surface area contributed by atoms with Crippen molar-refractivity contribution in [1.82, 2.24) is 9.99 Å². The summed E-state index contributed by atoms with van der Waals surface area (Å²) in [5.74, 6) is 0.793. The third kappa shape index (κ3) is 2.97. The zero-order valence-electron chi connectivity index (χ0n) is 11.0. The van der Waals surface area contributed by atoms with Crippen LogP contribution >= 0.6 is 12.2 Å². The van der Waals surface area contributed by atoms with Crippen LogP contribution < -0.4 is 11.2 Å². The molecule has 0 bridgehead atoms. The number of aromatic nitrogens is 1. The number of pyridine rings is 1. The van der Waals surface area contributed by atoms with Gasteiger partial charge < -0.3 is 11.2 Å². The van der Waals surface area contributed by atoms with Crippen molar-refractivity contribution in [3.05, 3.63) is 22.9 Å². The Labute approximate surface area is 114 Å². The van der Waals surface area contributed by atoms with Crippen molar-refractivity contribution in [1.29, 1.82) is 0 Å². The first-order valence-corrected chi connectivity index (χ1v) is 6.78. The topological polar surface area (TPSA) is 54.2 Å². The quantitative estimate of drug-likeness (QED) is 0.819. The van der Waals surface area contributed by atoms with Crippen LogP contribution in [0.5, 0.6) is 0 Å². The summed E-state index contributed by atoms with van der Waals surface area (Å²) in [4.78, 5) is 4.93. The van der Waals surface area contributed by atoms with Crippen molar-refractivity contribution in [3.8, 4) is 0 Å². The Kier molecular flexibility index (Phi) is 4.14. The summed E-state index contributed by atoms with van der Waals surface area (Å²) < 4.78 is 0. The van der Waals surface area contributed by atoms with Crippen molar-refractivity contribution in [3.63, 3.8) is 0 Å². The summed E-state index contributed by atoms with van der Waals surface area (Å²) >= 11 is 5.13. The Morgan fingerprint density at radius 3 is 2.61 bits per heavy atom. The van der Waals surface area contributed by atoms with Gasteiger partial charge in [0.15, 0.2) is 5.82 Å². The Morgan fingerprint density at radius 2 is 2.00 bits per heavy atom. The van der Waals surface area contributed by atoms with Crippen LogP contribution in [0.1, 0.15) is 36.1 Å². The summed E-state index contributed by atoms with van der Waals surface area (Å²) in [7, 11) is 0. The first kappa shape index (κ1) is 13.2. The molecule has 0 radical (unpaired) electrons. The summed E-state index contributed by atoms with van der Waals surface area (Å²) in [5, 5.41) is 2.20. The average Bonchev–Trinajstić information content (AvgIpc) is 2.28. The number of nitrogens with zero attached hydrogens (tertiary/aromatic N) is 2. The fraction of sp³-hybridized carbons (Fsp3) is 0.538. The van der Waals surface area contributed by atoms with Gasteiger partial charge in [-0.25, -0.2) is 9.99 Å². The SMILES string of the molecule is Cc1cc(C)c(C(N)=S)c(NN2CCCCC2)n1. The lowest BCUT2D eigenvalue weighted by atomic mass is 10.1. The van der Waals surface area contributed by atoms with E-state index in [0.29, 0.717) is 4.99 Å². The van der Waals surface area contributed by atoms with Crippen molar-refractivity contribution >= 4 is 23.0 Å². The highest BCUT2D eigenvalue weighted by atomic mass is 32.1. The molecular formula is C13H20N4S. The number of piperidine rings is 1. The molecule has 3 N–H and O–H groups in total. The van der Waals surface area contributed by atoms with Crippen molar-refractivity contribution in [2.75, 3.05) is 18.5 Å². The predicted octanol–water partition coefficient (Wildman–Crippen LogP) is 2.15. The molecular weight excluding hydrogens is 244 g/mol. The number of hydrogen-bond acceptors (Lipinski definition) is 4. The largest absolute Gasteiger partial charge is 0.389 e. The predicted molar refractivity (Wildman–Crippen MR) is 78.6 cm³/mol. The van der Waals surface area contributed by atoms with E-state index >= 15 is 0 Å². The lowest BCUT2D eigenvalue weighted by Crippen LogP contribution is -2.36. The van der Waals surface area contributed by atoms with Crippen LogP contribution in [0.4, 0.5) is 5.82 Å². The minimum atomic E-state index is 0.402. The summed E-state index contributed by atoms with van der Waals surface area (Å²) in [6, 6.07) is 2.01. The molecule has 18 heavy (non-hydrogen) atoms. The minimum absolute atomic E-state index is 0.402. The number of thiocarbonyl (C=S) groups is 1. The summed E-state index contributed by atoms with van der Waals surface area (Å²) in [5.41, 5.74) is 12.1. The second-order valence-corrected chi connectivity index (χ2v) is 5.27. The van der Waals surface area contributed by atoms with Crippen LogP contribution in [0.2, 0.25) is 0 Å². The van der Waals surface area contributed by atoms with Crippen LogP contribution in [0, 0.1) is 13.8 Å². The van der Waals surface area contributed by atoms with E-state index in [1.54, 1.807) is 0 Å². The molecule has 0 aromatic carbocycles. The standard InChI is InChI=1S/C13H20N4S/c1-9-8-10(2)15-13(11(9)12(14)18)16-17-6-4-3-5-7-17/h8H,3-7H2,1-2H3,(H2,14,18)(H,15,16). The van der Waals surface area contributed by atoms with E-state index in [9.17, 15) is 0 Å². The van der Waals surface area contributed by atoms with E-state index in [0.717, 1.165) is 35.7 Å². The van der Waals surface area contributed by atoms with E-state index in [2.05, 4.69) is 15.4 Å². The Hall–Kier alpha value is -1.20. The molecule has 4 nitrogen and oxygen atoms in total. The molecule has 1 fully saturated rings.